The summed E-state index contributed by atoms with van der Waals surface area (Å²) in [5.74, 6) is 0.0741. The van der Waals surface area contributed by atoms with Crippen molar-refractivity contribution in [3.05, 3.63) is 0 Å². The van der Waals surface area contributed by atoms with Crippen LogP contribution < -0.4 is 0 Å². The molecule has 0 N–H and O–H groups in total. The molecule has 0 aromatic heterocycles. The molecule has 102 valence electrons. The zero-order valence-electron chi connectivity index (χ0n) is 12.0. The van der Waals surface area contributed by atoms with Crippen molar-refractivity contribution in [2.75, 3.05) is 6.61 Å². The van der Waals surface area contributed by atoms with E-state index in [1.54, 1.807) is 0 Å². The van der Waals surface area contributed by atoms with E-state index < -0.39 is 0 Å². The van der Waals surface area contributed by atoms with Gasteiger partial charge in [-0.3, -0.25) is 4.79 Å². The van der Waals surface area contributed by atoms with Crippen LogP contribution in [0.2, 0.25) is 0 Å². The molecular weight excluding hydrogens is 212 g/mol. The average Bonchev–Trinajstić information content (AvgIpc) is 2.33. The summed E-state index contributed by atoms with van der Waals surface area (Å²) in [6.45, 7) is 6.92. The summed E-state index contributed by atoms with van der Waals surface area (Å²) < 4.78 is 5.20. The van der Waals surface area contributed by atoms with E-state index >= 15 is 0 Å². The fraction of sp³-hybridized carbons (Fsp3) is 0.933. The largest absolute Gasteiger partial charge is 0.465 e. The second-order valence-corrected chi connectivity index (χ2v) is 4.98. The first-order valence-corrected chi connectivity index (χ1v) is 7.39. The Hall–Kier alpha value is -0.530. The Bertz CT molecular complexity index is 178. The van der Waals surface area contributed by atoms with Crippen molar-refractivity contribution in [1.29, 1.82) is 0 Å². The number of hydrogen-bond donors (Lipinski definition) is 0. The molecular formula is C15H30O2. The summed E-state index contributed by atoms with van der Waals surface area (Å²) in [6, 6.07) is 0. The molecule has 0 aromatic rings. The Morgan fingerprint density at radius 3 is 2.18 bits per heavy atom. The van der Waals surface area contributed by atoms with E-state index in [9.17, 15) is 4.79 Å². The van der Waals surface area contributed by atoms with E-state index in [0.717, 1.165) is 25.7 Å². The van der Waals surface area contributed by atoms with Crippen LogP contribution in [0.4, 0.5) is 0 Å². The minimum atomic E-state index is -0.00740. The lowest BCUT2D eigenvalue weighted by Crippen LogP contribution is -2.15. The molecule has 0 bridgehead atoms. The molecule has 0 spiro atoms. The van der Waals surface area contributed by atoms with Crippen LogP contribution in [0.25, 0.3) is 0 Å². The summed E-state index contributed by atoms with van der Waals surface area (Å²) >= 11 is 0. The average molecular weight is 242 g/mol. The molecule has 0 aromatic carbocycles. The Balaban J connectivity index is 3.37. The lowest BCUT2D eigenvalue weighted by molar-refractivity contribution is -0.148. The van der Waals surface area contributed by atoms with Crippen molar-refractivity contribution in [2.45, 2.75) is 78.6 Å². The third-order valence-corrected chi connectivity index (χ3v) is 3.14. The zero-order chi connectivity index (χ0) is 12.9. The van der Waals surface area contributed by atoms with Crippen LogP contribution in [0, 0.1) is 5.92 Å². The molecule has 0 rings (SSSR count). The highest BCUT2D eigenvalue weighted by Gasteiger charge is 2.13. The minimum Gasteiger partial charge on any atom is -0.465 e. The Morgan fingerprint density at radius 1 is 0.941 bits per heavy atom. The van der Waals surface area contributed by atoms with Crippen molar-refractivity contribution >= 4 is 5.97 Å². The monoisotopic (exact) mass is 242 g/mol. The van der Waals surface area contributed by atoms with Crippen molar-refractivity contribution in [2.24, 2.45) is 5.92 Å². The number of carbonyl (C=O) groups is 1. The van der Waals surface area contributed by atoms with Crippen LogP contribution in [-0.4, -0.2) is 12.6 Å². The molecule has 0 aliphatic heterocycles. The Kier molecular flexibility index (Phi) is 11.6. The highest BCUT2D eigenvalue weighted by Crippen LogP contribution is 2.13. The number of carbonyl (C=O) groups excluding carboxylic acids is 1. The summed E-state index contributed by atoms with van der Waals surface area (Å²) in [6.07, 6.45) is 10.7. The van der Waals surface area contributed by atoms with Gasteiger partial charge in [0.2, 0.25) is 0 Å². The van der Waals surface area contributed by atoms with Gasteiger partial charge in [0, 0.05) is 0 Å². The number of hydrogen-bond acceptors (Lipinski definition) is 2. The molecule has 0 radical (unpaired) electrons. The van der Waals surface area contributed by atoms with Gasteiger partial charge in [0.15, 0.2) is 0 Å². The van der Waals surface area contributed by atoms with Gasteiger partial charge >= 0.3 is 5.97 Å². The number of esters is 1. The van der Waals surface area contributed by atoms with E-state index in [4.69, 9.17) is 4.74 Å². The van der Waals surface area contributed by atoms with Crippen molar-refractivity contribution in [3.8, 4) is 0 Å². The third-order valence-electron chi connectivity index (χ3n) is 3.14. The second kappa shape index (κ2) is 11.9. The molecule has 2 heteroatoms. The van der Waals surface area contributed by atoms with Gasteiger partial charge in [0.05, 0.1) is 12.5 Å². The molecule has 1 unspecified atom stereocenters. The van der Waals surface area contributed by atoms with Crippen molar-refractivity contribution in [1.82, 2.24) is 0 Å². The maximum atomic E-state index is 11.6. The number of rotatable bonds is 11. The first-order valence-electron chi connectivity index (χ1n) is 7.39. The molecule has 0 heterocycles. The molecule has 0 amide bonds. The topological polar surface area (TPSA) is 26.3 Å². The van der Waals surface area contributed by atoms with Crippen molar-refractivity contribution in [3.63, 3.8) is 0 Å². The van der Waals surface area contributed by atoms with Crippen LogP contribution in [0.1, 0.15) is 78.6 Å². The fourth-order valence-electron chi connectivity index (χ4n) is 1.81. The van der Waals surface area contributed by atoms with Crippen LogP contribution >= 0.6 is 0 Å². The molecule has 1 atom stereocenters. The minimum absolute atomic E-state index is 0.00740. The predicted octanol–water partition coefficient (Wildman–Crippen LogP) is 4.72. The summed E-state index contributed by atoms with van der Waals surface area (Å²) in [5.41, 5.74) is 0. The zero-order valence-corrected chi connectivity index (χ0v) is 12.0. The maximum Gasteiger partial charge on any atom is 0.308 e. The molecule has 0 aliphatic rings. The predicted molar refractivity (Wildman–Crippen MR) is 73.0 cm³/mol. The molecule has 0 saturated heterocycles. The number of unbranched alkanes of at least 4 members (excludes halogenated alkanes) is 6. The van der Waals surface area contributed by atoms with E-state index in [1.807, 2.05) is 6.92 Å². The summed E-state index contributed by atoms with van der Waals surface area (Å²) in [5, 5.41) is 0. The Labute approximate surface area is 107 Å². The standard InChI is InChI=1S/C15H30O2/c1-4-6-8-9-10-11-12-14(3)15(16)17-13-7-5-2/h14H,4-13H2,1-3H3. The maximum absolute atomic E-state index is 11.6. The SMILES string of the molecule is CCCCCCCCC(C)C(=O)OCCCC. The lowest BCUT2D eigenvalue weighted by atomic mass is 10.0. The fourth-order valence-corrected chi connectivity index (χ4v) is 1.81. The van der Waals surface area contributed by atoms with Gasteiger partial charge in [-0.2, -0.15) is 0 Å². The Morgan fingerprint density at radius 2 is 1.53 bits per heavy atom. The van der Waals surface area contributed by atoms with E-state index in [2.05, 4.69) is 13.8 Å². The highest BCUT2D eigenvalue weighted by atomic mass is 16.5. The van der Waals surface area contributed by atoms with Gasteiger partial charge in [-0.25, -0.2) is 0 Å². The summed E-state index contributed by atoms with van der Waals surface area (Å²) in [4.78, 5) is 11.6. The van der Waals surface area contributed by atoms with Crippen LogP contribution in [0.3, 0.4) is 0 Å². The van der Waals surface area contributed by atoms with Crippen LogP contribution in [0.5, 0.6) is 0 Å². The first-order chi connectivity index (χ1) is 8.22. The molecule has 17 heavy (non-hydrogen) atoms. The van der Waals surface area contributed by atoms with Crippen molar-refractivity contribution < 1.29 is 9.53 Å². The first kappa shape index (κ1) is 16.5. The van der Waals surface area contributed by atoms with Gasteiger partial charge in [-0.15, -0.1) is 0 Å². The van der Waals surface area contributed by atoms with Crippen LogP contribution in [-0.2, 0) is 9.53 Å². The van der Waals surface area contributed by atoms with Gasteiger partial charge < -0.3 is 4.74 Å². The van der Waals surface area contributed by atoms with Gasteiger partial charge in [0.25, 0.3) is 0 Å². The van der Waals surface area contributed by atoms with E-state index in [1.165, 1.54) is 32.1 Å². The lowest BCUT2D eigenvalue weighted by Gasteiger charge is -2.10. The van der Waals surface area contributed by atoms with E-state index in [-0.39, 0.29) is 11.9 Å². The smallest absolute Gasteiger partial charge is 0.308 e. The van der Waals surface area contributed by atoms with Gasteiger partial charge in [0.1, 0.15) is 0 Å². The van der Waals surface area contributed by atoms with Gasteiger partial charge in [-0.1, -0.05) is 65.7 Å². The number of ether oxygens (including phenoxy) is 1. The normalized spacial score (nSPS) is 12.4. The highest BCUT2D eigenvalue weighted by molar-refractivity contribution is 5.71. The molecule has 2 nitrogen and oxygen atoms in total. The van der Waals surface area contributed by atoms with Crippen LogP contribution in [0.15, 0.2) is 0 Å². The van der Waals surface area contributed by atoms with E-state index in [0.29, 0.717) is 6.61 Å². The third kappa shape index (κ3) is 10.3. The molecule has 0 aliphatic carbocycles. The molecule has 0 saturated carbocycles. The summed E-state index contributed by atoms with van der Waals surface area (Å²) in [7, 11) is 0. The molecule has 0 fully saturated rings. The van der Waals surface area contributed by atoms with Gasteiger partial charge in [-0.05, 0) is 12.8 Å². The second-order valence-electron chi connectivity index (χ2n) is 4.98. The quantitative estimate of drug-likeness (QED) is 0.387.